The van der Waals surface area contributed by atoms with Crippen molar-refractivity contribution in [1.82, 2.24) is 0 Å². The molecule has 1 heteroatoms. The molecule has 1 aliphatic rings. The molecule has 1 aliphatic carbocycles. The van der Waals surface area contributed by atoms with E-state index in [9.17, 15) is 4.79 Å². The standard InChI is InChI=1S/C19H22O/c20-19(17-8-3-1-2-4-9-17)14-15-11-12-16-7-5-6-10-18(16)13-15/h5-7,10-13,17H,1-4,8-9,14H2. The maximum atomic E-state index is 12.5. The lowest BCUT2D eigenvalue weighted by atomic mass is 9.91. The van der Waals surface area contributed by atoms with Crippen molar-refractivity contribution in [3.63, 3.8) is 0 Å². The summed E-state index contributed by atoms with van der Waals surface area (Å²) in [4.78, 5) is 12.5. The van der Waals surface area contributed by atoms with Gasteiger partial charge in [0, 0.05) is 12.3 Å². The van der Waals surface area contributed by atoms with E-state index < -0.39 is 0 Å². The van der Waals surface area contributed by atoms with E-state index in [4.69, 9.17) is 0 Å². The fraction of sp³-hybridized carbons (Fsp3) is 0.421. The van der Waals surface area contributed by atoms with Gasteiger partial charge in [-0.15, -0.1) is 0 Å². The smallest absolute Gasteiger partial charge is 0.140 e. The summed E-state index contributed by atoms with van der Waals surface area (Å²) in [6.07, 6.45) is 7.89. The zero-order valence-electron chi connectivity index (χ0n) is 12.0. The third-order valence-corrected chi connectivity index (χ3v) is 4.50. The Labute approximate surface area is 121 Å². The molecule has 0 heterocycles. The van der Waals surface area contributed by atoms with Crippen LogP contribution >= 0.6 is 0 Å². The maximum absolute atomic E-state index is 12.5. The Hall–Kier alpha value is -1.63. The normalized spacial score (nSPS) is 17.0. The number of carbonyl (C=O) groups excluding carboxylic acids is 1. The summed E-state index contributed by atoms with van der Waals surface area (Å²) in [6, 6.07) is 14.8. The number of ketones is 1. The molecule has 0 spiro atoms. The van der Waals surface area contributed by atoms with Crippen molar-refractivity contribution in [2.45, 2.75) is 44.9 Å². The molecule has 2 aromatic rings. The molecule has 0 N–H and O–H groups in total. The number of fused-ring (bicyclic) bond motifs is 1. The van der Waals surface area contributed by atoms with Crippen LogP contribution in [0.4, 0.5) is 0 Å². The fourth-order valence-corrected chi connectivity index (χ4v) is 3.30. The Bertz CT molecular complexity index is 591. The predicted octanol–water partition coefficient (Wildman–Crippen LogP) is 4.92. The van der Waals surface area contributed by atoms with Crippen molar-refractivity contribution < 1.29 is 4.79 Å². The van der Waals surface area contributed by atoms with Crippen molar-refractivity contribution >= 4 is 16.6 Å². The molecule has 0 amide bonds. The fourth-order valence-electron chi connectivity index (χ4n) is 3.30. The molecule has 0 unspecified atom stereocenters. The highest BCUT2D eigenvalue weighted by molar-refractivity contribution is 5.87. The number of hydrogen-bond donors (Lipinski definition) is 0. The highest BCUT2D eigenvalue weighted by atomic mass is 16.1. The first-order valence-corrected chi connectivity index (χ1v) is 7.83. The Morgan fingerprint density at radius 2 is 1.60 bits per heavy atom. The highest BCUT2D eigenvalue weighted by Crippen LogP contribution is 2.25. The molecule has 1 nitrogen and oxygen atoms in total. The first kappa shape index (κ1) is 13.4. The number of rotatable bonds is 3. The summed E-state index contributed by atoms with van der Waals surface area (Å²) < 4.78 is 0. The van der Waals surface area contributed by atoms with Gasteiger partial charge < -0.3 is 0 Å². The Morgan fingerprint density at radius 3 is 2.35 bits per heavy atom. The Kier molecular flexibility index (Phi) is 4.15. The van der Waals surface area contributed by atoms with E-state index in [1.807, 2.05) is 0 Å². The third kappa shape index (κ3) is 3.09. The minimum atomic E-state index is 0.309. The molecule has 0 aromatic heterocycles. The van der Waals surface area contributed by atoms with Crippen molar-refractivity contribution in [3.8, 4) is 0 Å². The van der Waals surface area contributed by atoms with Crippen molar-refractivity contribution in [3.05, 3.63) is 48.0 Å². The monoisotopic (exact) mass is 266 g/mol. The van der Waals surface area contributed by atoms with Gasteiger partial charge in [0.1, 0.15) is 5.78 Å². The Balaban J connectivity index is 1.73. The molecule has 1 fully saturated rings. The second-order valence-electron chi connectivity index (χ2n) is 6.01. The highest BCUT2D eigenvalue weighted by Gasteiger charge is 2.19. The van der Waals surface area contributed by atoms with Gasteiger partial charge in [-0.2, -0.15) is 0 Å². The molecule has 0 atom stereocenters. The molecule has 0 aliphatic heterocycles. The van der Waals surface area contributed by atoms with Crippen molar-refractivity contribution in [2.75, 3.05) is 0 Å². The van der Waals surface area contributed by atoms with Gasteiger partial charge in [0.2, 0.25) is 0 Å². The van der Waals surface area contributed by atoms with Crippen LogP contribution < -0.4 is 0 Å². The summed E-state index contributed by atoms with van der Waals surface area (Å²) in [6.45, 7) is 0. The van der Waals surface area contributed by atoms with E-state index >= 15 is 0 Å². The lowest BCUT2D eigenvalue weighted by molar-refractivity contribution is -0.122. The van der Waals surface area contributed by atoms with Crippen LogP contribution in [0.5, 0.6) is 0 Å². The predicted molar refractivity (Wildman–Crippen MR) is 83.9 cm³/mol. The van der Waals surface area contributed by atoms with Crippen molar-refractivity contribution in [1.29, 1.82) is 0 Å². The van der Waals surface area contributed by atoms with Gasteiger partial charge in [-0.3, -0.25) is 4.79 Å². The summed E-state index contributed by atoms with van der Waals surface area (Å²) in [5.74, 6) is 0.756. The molecule has 0 bridgehead atoms. The summed E-state index contributed by atoms with van der Waals surface area (Å²) >= 11 is 0. The lowest BCUT2D eigenvalue weighted by Gasteiger charge is -2.12. The first-order valence-electron chi connectivity index (χ1n) is 7.83. The molecule has 0 radical (unpaired) electrons. The molecule has 2 aromatic carbocycles. The van der Waals surface area contributed by atoms with Gasteiger partial charge in [0.15, 0.2) is 0 Å². The Morgan fingerprint density at radius 1 is 0.900 bits per heavy atom. The SMILES string of the molecule is O=C(Cc1ccc2ccccc2c1)C1CCCCCC1. The van der Waals surface area contributed by atoms with E-state index in [1.54, 1.807) is 0 Å². The van der Waals surface area contributed by atoms with E-state index in [2.05, 4.69) is 42.5 Å². The van der Waals surface area contributed by atoms with Crippen LogP contribution in [0.25, 0.3) is 10.8 Å². The third-order valence-electron chi connectivity index (χ3n) is 4.50. The van der Waals surface area contributed by atoms with Gasteiger partial charge >= 0.3 is 0 Å². The van der Waals surface area contributed by atoms with Gasteiger partial charge in [0.25, 0.3) is 0 Å². The molecule has 0 saturated heterocycles. The average Bonchev–Trinajstić information content (AvgIpc) is 2.76. The summed E-state index contributed by atoms with van der Waals surface area (Å²) in [5, 5.41) is 2.48. The molecule has 3 rings (SSSR count). The van der Waals surface area contributed by atoms with Crippen LogP contribution in [0.2, 0.25) is 0 Å². The quantitative estimate of drug-likeness (QED) is 0.720. The molecule has 20 heavy (non-hydrogen) atoms. The van der Waals surface area contributed by atoms with Crippen LogP contribution in [0, 0.1) is 5.92 Å². The van der Waals surface area contributed by atoms with Crippen LogP contribution in [0.15, 0.2) is 42.5 Å². The van der Waals surface area contributed by atoms with E-state index in [0.717, 1.165) is 18.4 Å². The number of benzene rings is 2. The van der Waals surface area contributed by atoms with Gasteiger partial charge in [-0.05, 0) is 29.2 Å². The van der Waals surface area contributed by atoms with Gasteiger partial charge in [-0.1, -0.05) is 68.1 Å². The minimum absolute atomic E-state index is 0.309. The van der Waals surface area contributed by atoms with E-state index in [-0.39, 0.29) is 0 Å². The average molecular weight is 266 g/mol. The second-order valence-corrected chi connectivity index (χ2v) is 6.01. The molecule has 104 valence electrons. The zero-order chi connectivity index (χ0) is 13.8. The van der Waals surface area contributed by atoms with Gasteiger partial charge in [0.05, 0.1) is 0 Å². The largest absolute Gasteiger partial charge is 0.299 e. The molecular weight excluding hydrogens is 244 g/mol. The molecule has 1 saturated carbocycles. The maximum Gasteiger partial charge on any atom is 0.140 e. The zero-order valence-corrected chi connectivity index (χ0v) is 12.0. The molecular formula is C19H22O. The minimum Gasteiger partial charge on any atom is -0.299 e. The first-order chi connectivity index (χ1) is 9.83. The van der Waals surface area contributed by atoms with Crippen LogP contribution in [0.1, 0.15) is 44.1 Å². The lowest BCUT2D eigenvalue weighted by Crippen LogP contribution is -2.16. The van der Waals surface area contributed by atoms with Crippen LogP contribution in [-0.4, -0.2) is 5.78 Å². The number of hydrogen-bond acceptors (Lipinski definition) is 1. The number of carbonyl (C=O) groups is 1. The van der Waals surface area contributed by atoms with Crippen LogP contribution in [0.3, 0.4) is 0 Å². The topological polar surface area (TPSA) is 17.1 Å². The summed E-state index contributed by atoms with van der Waals surface area (Å²) in [7, 11) is 0. The number of Topliss-reactive ketones (excluding diaryl/α,β-unsaturated/α-hetero) is 1. The summed E-state index contributed by atoms with van der Waals surface area (Å²) in [5.41, 5.74) is 1.16. The van der Waals surface area contributed by atoms with Crippen molar-refractivity contribution in [2.24, 2.45) is 5.92 Å². The van der Waals surface area contributed by atoms with Gasteiger partial charge in [-0.25, -0.2) is 0 Å². The van der Waals surface area contributed by atoms with E-state index in [1.165, 1.54) is 36.5 Å². The van der Waals surface area contributed by atoms with E-state index in [0.29, 0.717) is 18.1 Å². The van der Waals surface area contributed by atoms with Crippen LogP contribution in [-0.2, 0) is 11.2 Å². The second kappa shape index (κ2) is 6.21.